The second-order valence-corrected chi connectivity index (χ2v) is 5.32. The quantitative estimate of drug-likeness (QED) is 0.771. The monoisotopic (exact) mass is 266 g/mol. The highest BCUT2D eigenvalue weighted by molar-refractivity contribution is 5.38. The van der Waals surface area contributed by atoms with Gasteiger partial charge >= 0.3 is 0 Å². The Kier molecular flexibility index (Phi) is 6.49. The first-order valence-electron chi connectivity index (χ1n) is 6.87. The Morgan fingerprint density at radius 2 is 1.63 bits per heavy atom. The molecule has 3 heteroatoms. The number of rotatable bonds is 7. The maximum Gasteiger partial charge on any atom is 0.103 e. The molecular formula is C16H26O3. The summed E-state index contributed by atoms with van der Waals surface area (Å²) in [5, 5.41) is 10.2. The van der Waals surface area contributed by atoms with Gasteiger partial charge in [0.05, 0.1) is 25.9 Å². The van der Waals surface area contributed by atoms with Gasteiger partial charge in [0.15, 0.2) is 0 Å². The Balaban J connectivity index is 2.48. The van der Waals surface area contributed by atoms with E-state index in [0.29, 0.717) is 19.8 Å². The van der Waals surface area contributed by atoms with Crippen LogP contribution in [0, 0.1) is 20.8 Å². The molecule has 1 aromatic rings. The average molecular weight is 266 g/mol. The summed E-state index contributed by atoms with van der Waals surface area (Å²) in [7, 11) is 0. The van der Waals surface area contributed by atoms with Crippen LogP contribution < -0.4 is 0 Å². The van der Waals surface area contributed by atoms with Crippen molar-refractivity contribution in [1.82, 2.24) is 0 Å². The lowest BCUT2D eigenvalue weighted by atomic mass is 9.96. The van der Waals surface area contributed by atoms with Crippen LogP contribution in [0.15, 0.2) is 12.1 Å². The molecule has 0 radical (unpaired) electrons. The van der Waals surface area contributed by atoms with Crippen LogP contribution in [0.3, 0.4) is 0 Å². The molecule has 1 N–H and O–H groups in total. The Hall–Kier alpha value is -0.900. The minimum absolute atomic E-state index is 0.218. The smallest absolute Gasteiger partial charge is 0.103 e. The second-order valence-electron chi connectivity index (χ2n) is 5.32. The van der Waals surface area contributed by atoms with Crippen LogP contribution in [0.5, 0.6) is 0 Å². The molecule has 3 nitrogen and oxygen atoms in total. The van der Waals surface area contributed by atoms with E-state index in [4.69, 9.17) is 9.47 Å². The predicted molar refractivity (Wildman–Crippen MR) is 77.5 cm³/mol. The molecule has 0 heterocycles. The van der Waals surface area contributed by atoms with Gasteiger partial charge in [0.25, 0.3) is 0 Å². The molecule has 0 amide bonds. The van der Waals surface area contributed by atoms with Crippen LogP contribution in [0.1, 0.15) is 42.2 Å². The molecule has 0 aromatic heterocycles. The molecule has 1 aromatic carbocycles. The fraction of sp³-hybridized carbons (Fsp3) is 0.625. The van der Waals surface area contributed by atoms with Crippen molar-refractivity contribution in [2.45, 2.75) is 46.8 Å². The first-order chi connectivity index (χ1) is 8.91. The standard InChI is InChI=1S/C16H26O3/c1-11(2)19-7-6-18-10-15(17)16-13(4)8-12(3)9-14(16)5/h8-9,11,15,17H,6-7,10H2,1-5H3. The molecule has 0 saturated heterocycles. The van der Waals surface area contributed by atoms with E-state index in [1.165, 1.54) is 5.56 Å². The molecule has 0 fully saturated rings. The molecule has 0 spiro atoms. The van der Waals surface area contributed by atoms with Crippen LogP contribution in [0.2, 0.25) is 0 Å². The molecule has 0 saturated carbocycles. The Morgan fingerprint density at radius 3 is 2.16 bits per heavy atom. The van der Waals surface area contributed by atoms with Gasteiger partial charge in [-0.15, -0.1) is 0 Å². The second kappa shape index (κ2) is 7.63. The van der Waals surface area contributed by atoms with Crippen LogP contribution in [0.25, 0.3) is 0 Å². The summed E-state index contributed by atoms with van der Waals surface area (Å²) in [5.74, 6) is 0. The lowest BCUT2D eigenvalue weighted by Crippen LogP contribution is -2.15. The van der Waals surface area contributed by atoms with E-state index in [9.17, 15) is 5.11 Å². The van der Waals surface area contributed by atoms with Crippen molar-refractivity contribution in [3.8, 4) is 0 Å². The molecule has 1 unspecified atom stereocenters. The number of ether oxygens (including phenoxy) is 2. The first kappa shape index (κ1) is 16.2. The van der Waals surface area contributed by atoms with E-state index < -0.39 is 6.10 Å². The van der Waals surface area contributed by atoms with Gasteiger partial charge in [0.2, 0.25) is 0 Å². The van der Waals surface area contributed by atoms with Gasteiger partial charge in [-0.2, -0.15) is 0 Å². The summed E-state index contributed by atoms with van der Waals surface area (Å²) >= 11 is 0. The van der Waals surface area contributed by atoms with E-state index in [1.807, 2.05) is 27.7 Å². The Labute approximate surface area is 116 Å². The average Bonchev–Trinajstić information content (AvgIpc) is 2.26. The SMILES string of the molecule is Cc1cc(C)c(C(O)COCCOC(C)C)c(C)c1. The van der Waals surface area contributed by atoms with Crippen molar-refractivity contribution < 1.29 is 14.6 Å². The Morgan fingerprint density at radius 1 is 1.05 bits per heavy atom. The van der Waals surface area contributed by atoms with E-state index in [1.54, 1.807) is 0 Å². The van der Waals surface area contributed by atoms with Crippen LogP contribution in [-0.2, 0) is 9.47 Å². The van der Waals surface area contributed by atoms with Gasteiger partial charge in [0.1, 0.15) is 6.10 Å². The van der Waals surface area contributed by atoms with Gasteiger partial charge in [-0.25, -0.2) is 0 Å². The molecule has 0 aliphatic rings. The molecule has 108 valence electrons. The highest BCUT2D eigenvalue weighted by Crippen LogP contribution is 2.23. The zero-order valence-corrected chi connectivity index (χ0v) is 12.7. The zero-order chi connectivity index (χ0) is 14.4. The maximum atomic E-state index is 10.2. The lowest BCUT2D eigenvalue weighted by Gasteiger charge is -2.18. The topological polar surface area (TPSA) is 38.7 Å². The number of hydrogen-bond donors (Lipinski definition) is 1. The minimum atomic E-state index is -0.570. The van der Waals surface area contributed by atoms with E-state index in [-0.39, 0.29) is 6.10 Å². The van der Waals surface area contributed by atoms with Crippen molar-refractivity contribution >= 4 is 0 Å². The molecule has 0 aliphatic carbocycles. The molecule has 0 aliphatic heterocycles. The van der Waals surface area contributed by atoms with Crippen molar-refractivity contribution in [2.24, 2.45) is 0 Å². The van der Waals surface area contributed by atoms with Gasteiger partial charge in [-0.1, -0.05) is 17.7 Å². The van der Waals surface area contributed by atoms with Crippen LogP contribution >= 0.6 is 0 Å². The minimum Gasteiger partial charge on any atom is -0.386 e. The lowest BCUT2D eigenvalue weighted by molar-refractivity contribution is -0.0113. The van der Waals surface area contributed by atoms with Crippen molar-refractivity contribution in [3.05, 3.63) is 34.4 Å². The Bertz CT molecular complexity index is 376. The van der Waals surface area contributed by atoms with E-state index in [2.05, 4.69) is 19.1 Å². The summed E-state index contributed by atoms with van der Waals surface area (Å²) in [6, 6.07) is 4.18. The third-order valence-corrected chi connectivity index (χ3v) is 3.03. The summed E-state index contributed by atoms with van der Waals surface area (Å²) < 4.78 is 10.9. The predicted octanol–water partition coefficient (Wildman–Crippen LogP) is 3.09. The molecule has 1 atom stereocenters. The fourth-order valence-corrected chi connectivity index (χ4v) is 2.34. The normalized spacial score (nSPS) is 13.0. The third kappa shape index (κ3) is 5.31. The summed E-state index contributed by atoms with van der Waals surface area (Å²) in [5.41, 5.74) is 4.44. The molecule has 19 heavy (non-hydrogen) atoms. The highest BCUT2D eigenvalue weighted by atomic mass is 16.5. The van der Waals surface area contributed by atoms with Crippen molar-refractivity contribution in [3.63, 3.8) is 0 Å². The first-order valence-corrected chi connectivity index (χ1v) is 6.87. The molecule has 0 bridgehead atoms. The number of aryl methyl sites for hydroxylation is 3. The number of benzene rings is 1. The number of aliphatic hydroxyl groups excluding tert-OH is 1. The van der Waals surface area contributed by atoms with Gasteiger partial charge in [-0.05, 0) is 51.3 Å². The molecule has 1 rings (SSSR count). The summed E-state index contributed by atoms with van der Waals surface area (Å²) in [4.78, 5) is 0. The van der Waals surface area contributed by atoms with E-state index in [0.717, 1.165) is 16.7 Å². The van der Waals surface area contributed by atoms with Crippen LogP contribution in [-0.4, -0.2) is 31.0 Å². The maximum absolute atomic E-state index is 10.2. The van der Waals surface area contributed by atoms with Gasteiger partial charge < -0.3 is 14.6 Å². The zero-order valence-electron chi connectivity index (χ0n) is 12.7. The van der Waals surface area contributed by atoms with Gasteiger partial charge in [-0.3, -0.25) is 0 Å². The largest absolute Gasteiger partial charge is 0.386 e. The number of aliphatic hydroxyl groups is 1. The fourth-order valence-electron chi connectivity index (χ4n) is 2.34. The van der Waals surface area contributed by atoms with Crippen molar-refractivity contribution in [2.75, 3.05) is 19.8 Å². The third-order valence-electron chi connectivity index (χ3n) is 3.03. The number of hydrogen-bond acceptors (Lipinski definition) is 3. The van der Waals surface area contributed by atoms with Gasteiger partial charge in [0, 0.05) is 0 Å². The highest BCUT2D eigenvalue weighted by Gasteiger charge is 2.13. The summed E-state index contributed by atoms with van der Waals surface area (Å²) in [6.07, 6.45) is -0.352. The van der Waals surface area contributed by atoms with Crippen LogP contribution in [0.4, 0.5) is 0 Å². The van der Waals surface area contributed by atoms with E-state index >= 15 is 0 Å². The summed E-state index contributed by atoms with van der Waals surface area (Å²) in [6.45, 7) is 11.5. The molecular weight excluding hydrogens is 240 g/mol. The van der Waals surface area contributed by atoms with Crippen molar-refractivity contribution in [1.29, 1.82) is 0 Å².